The minimum atomic E-state index is -1.38. The molecule has 28 heavy (non-hydrogen) atoms. The summed E-state index contributed by atoms with van der Waals surface area (Å²) in [6.07, 6.45) is 0.345. The van der Waals surface area contributed by atoms with Crippen molar-refractivity contribution in [3.05, 3.63) is 0 Å². The summed E-state index contributed by atoms with van der Waals surface area (Å²) < 4.78 is 0. The third kappa shape index (κ3) is 9.28. The molecule has 4 atom stereocenters. The molecule has 12 heteroatoms. The highest BCUT2D eigenvalue weighted by Crippen LogP contribution is 2.08. The minimum Gasteiger partial charge on any atom is -0.480 e. The lowest BCUT2D eigenvalue weighted by Crippen LogP contribution is -2.58. The number of amides is 4. The van der Waals surface area contributed by atoms with E-state index in [0.717, 1.165) is 0 Å². The van der Waals surface area contributed by atoms with Gasteiger partial charge in [0.1, 0.15) is 18.6 Å². The number of primary amides is 1. The van der Waals surface area contributed by atoms with Crippen molar-refractivity contribution in [1.82, 2.24) is 16.0 Å². The van der Waals surface area contributed by atoms with E-state index in [-0.39, 0.29) is 18.8 Å². The second-order valence-corrected chi connectivity index (χ2v) is 6.34. The molecule has 0 aromatic rings. The van der Waals surface area contributed by atoms with Crippen molar-refractivity contribution in [1.29, 1.82) is 0 Å². The Kier molecular flexibility index (Phi) is 11.4. The molecule has 0 saturated carbocycles. The Morgan fingerprint density at radius 1 is 1.04 bits per heavy atom. The summed E-state index contributed by atoms with van der Waals surface area (Å²) in [4.78, 5) is 57.9. The van der Waals surface area contributed by atoms with Crippen molar-refractivity contribution in [3.63, 3.8) is 0 Å². The molecular weight excluding hydrogens is 374 g/mol. The summed E-state index contributed by atoms with van der Waals surface area (Å²) >= 11 is 0. The summed E-state index contributed by atoms with van der Waals surface area (Å²) in [6.45, 7) is 2.08. The predicted molar refractivity (Wildman–Crippen MR) is 97.5 cm³/mol. The molecule has 160 valence electrons. The Bertz CT molecular complexity index is 584. The topological polar surface area (TPSA) is 214 Å². The fourth-order valence-electron chi connectivity index (χ4n) is 2.13. The number of rotatable bonds is 13. The lowest BCUT2D eigenvalue weighted by atomic mass is 9.98. The predicted octanol–water partition coefficient (Wildman–Crippen LogP) is -3.21. The molecule has 0 radical (unpaired) electrons. The fourth-order valence-corrected chi connectivity index (χ4v) is 2.13. The van der Waals surface area contributed by atoms with E-state index in [4.69, 9.17) is 16.6 Å². The first-order chi connectivity index (χ1) is 13.0. The van der Waals surface area contributed by atoms with Crippen LogP contribution < -0.4 is 27.4 Å². The molecule has 0 fully saturated rings. The summed E-state index contributed by atoms with van der Waals surface area (Å²) in [5.74, 6) is -4.53. The first-order valence-corrected chi connectivity index (χ1v) is 8.78. The van der Waals surface area contributed by atoms with E-state index in [1.165, 1.54) is 0 Å². The first kappa shape index (κ1) is 25.3. The monoisotopic (exact) mass is 403 g/mol. The molecule has 0 spiro atoms. The van der Waals surface area contributed by atoms with Gasteiger partial charge in [-0.25, -0.2) is 0 Å². The lowest BCUT2D eigenvalue weighted by Gasteiger charge is -2.26. The molecule has 0 rings (SSSR count). The summed E-state index contributed by atoms with van der Waals surface area (Å²) in [5, 5.41) is 24.9. The maximum Gasteiger partial charge on any atom is 0.322 e. The van der Waals surface area contributed by atoms with Gasteiger partial charge in [0.2, 0.25) is 23.6 Å². The Morgan fingerprint density at radius 2 is 1.64 bits per heavy atom. The highest BCUT2D eigenvalue weighted by atomic mass is 16.4. The van der Waals surface area contributed by atoms with Gasteiger partial charge in [-0.05, 0) is 12.3 Å². The Morgan fingerprint density at radius 3 is 2.11 bits per heavy atom. The zero-order valence-corrected chi connectivity index (χ0v) is 15.9. The quantitative estimate of drug-likeness (QED) is 0.166. The van der Waals surface area contributed by atoms with Crippen LogP contribution in [0.1, 0.15) is 33.1 Å². The van der Waals surface area contributed by atoms with Crippen molar-refractivity contribution >= 4 is 29.6 Å². The largest absolute Gasteiger partial charge is 0.480 e. The van der Waals surface area contributed by atoms with Crippen LogP contribution in [-0.4, -0.2) is 71.1 Å². The van der Waals surface area contributed by atoms with E-state index in [1.807, 2.05) is 0 Å². The molecule has 0 bridgehead atoms. The van der Waals surface area contributed by atoms with Crippen LogP contribution >= 0.6 is 0 Å². The normalized spacial score (nSPS) is 14.9. The van der Waals surface area contributed by atoms with Gasteiger partial charge in [-0.3, -0.25) is 24.0 Å². The van der Waals surface area contributed by atoms with Crippen LogP contribution in [-0.2, 0) is 24.0 Å². The number of carboxylic acids is 1. The average Bonchev–Trinajstić information content (AvgIpc) is 2.64. The molecule has 0 aliphatic heterocycles. The number of nitrogens with one attached hydrogen (secondary N) is 3. The molecule has 4 unspecified atom stereocenters. The van der Waals surface area contributed by atoms with Crippen LogP contribution in [0.15, 0.2) is 0 Å². The van der Waals surface area contributed by atoms with Gasteiger partial charge in [0.15, 0.2) is 0 Å². The van der Waals surface area contributed by atoms with Crippen molar-refractivity contribution in [3.8, 4) is 0 Å². The number of carboxylic acid groups (broad SMARTS) is 1. The molecule has 12 nitrogen and oxygen atoms in total. The third-order valence-electron chi connectivity index (χ3n) is 4.06. The number of nitrogens with two attached hydrogens (primary N) is 2. The third-order valence-corrected chi connectivity index (χ3v) is 4.06. The first-order valence-electron chi connectivity index (χ1n) is 8.78. The highest BCUT2D eigenvalue weighted by molar-refractivity contribution is 5.94. The van der Waals surface area contributed by atoms with Crippen LogP contribution in [0.2, 0.25) is 0 Å². The Hall–Kier alpha value is -2.73. The van der Waals surface area contributed by atoms with Crippen LogP contribution in [0.25, 0.3) is 0 Å². The molecular formula is C16H29N5O7. The van der Waals surface area contributed by atoms with E-state index in [9.17, 15) is 29.1 Å². The van der Waals surface area contributed by atoms with Gasteiger partial charge in [0, 0.05) is 6.42 Å². The van der Waals surface area contributed by atoms with E-state index in [0.29, 0.717) is 6.42 Å². The molecule has 0 aliphatic rings. The van der Waals surface area contributed by atoms with Gasteiger partial charge in [-0.2, -0.15) is 0 Å². The molecule has 0 heterocycles. The lowest BCUT2D eigenvalue weighted by molar-refractivity contribution is -0.139. The molecule has 0 saturated heterocycles. The van der Waals surface area contributed by atoms with Gasteiger partial charge in [0.25, 0.3) is 0 Å². The van der Waals surface area contributed by atoms with E-state index in [1.54, 1.807) is 13.8 Å². The maximum atomic E-state index is 12.4. The van der Waals surface area contributed by atoms with Crippen molar-refractivity contribution < 1.29 is 34.2 Å². The highest BCUT2D eigenvalue weighted by Gasteiger charge is 2.30. The SMILES string of the molecule is CCC(C)C(NC(=O)C(CO)NC(=O)C(N)CCC(N)=O)C(=O)NCC(=O)O. The molecule has 0 aliphatic carbocycles. The summed E-state index contributed by atoms with van der Waals surface area (Å²) in [6, 6.07) is -3.56. The molecule has 0 aromatic heterocycles. The number of aliphatic carboxylic acids is 1. The fraction of sp³-hybridized carbons (Fsp3) is 0.688. The zero-order valence-electron chi connectivity index (χ0n) is 15.9. The number of carbonyl (C=O) groups excluding carboxylic acids is 4. The van der Waals surface area contributed by atoms with Gasteiger partial charge >= 0.3 is 5.97 Å². The number of hydrogen-bond acceptors (Lipinski definition) is 7. The van der Waals surface area contributed by atoms with Crippen molar-refractivity contribution in [2.24, 2.45) is 17.4 Å². The van der Waals surface area contributed by atoms with Gasteiger partial charge in [0.05, 0.1) is 12.6 Å². The number of hydrogen-bond donors (Lipinski definition) is 7. The van der Waals surface area contributed by atoms with Crippen LogP contribution in [0.5, 0.6) is 0 Å². The smallest absolute Gasteiger partial charge is 0.322 e. The number of aliphatic hydroxyl groups excluding tert-OH is 1. The molecule has 4 amide bonds. The van der Waals surface area contributed by atoms with Gasteiger partial charge in [-0.1, -0.05) is 20.3 Å². The van der Waals surface area contributed by atoms with E-state index < -0.39 is 60.9 Å². The second-order valence-electron chi connectivity index (χ2n) is 6.34. The van der Waals surface area contributed by atoms with E-state index >= 15 is 0 Å². The van der Waals surface area contributed by atoms with Crippen LogP contribution in [0, 0.1) is 5.92 Å². The van der Waals surface area contributed by atoms with Crippen LogP contribution in [0.4, 0.5) is 0 Å². The van der Waals surface area contributed by atoms with Gasteiger partial charge < -0.3 is 37.6 Å². The van der Waals surface area contributed by atoms with Crippen LogP contribution in [0.3, 0.4) is 0 Å². The average molecular weight is 403 g/mol. The maximum absolute atomic E-state index is 12.4. The standard InChI is InChI=1S/C16H29N5O7/c1-3-8(2)13(16(28)19-6-12(24)25)21-15(27)10(7-22)20-14(26)9(17)4-5-11(18)23/h8-10,13,22H,3-7,17H2,1-2H3,(H2,18,23)(H,19,28)(H,20,26)(H,21,27)(H,24,25). The van der Waals surface area contributed by atoms with E-state index in [2.05, 4.69) is 16.0 Å². The summed E-state index contributed by atoms with van der Waals surface area (Å²) in [7, 11) is 0. The minimum absolute atomic E-state index is 0.0337. The number of carbonyl (C=O) groups is 5. The Labute approximate surface area is 162 Å². The second kappa shape index (κ2) is 12.6. The number of aliphatic hydroxyl groups is 1. The zero-order chi connectivity index (χ0) is 21.9. The molecule has 9 N–H and O–H groups in total. The van der Waals surface area contributed by atoms with Gasteiger partial charge in [-0.15, -0.1) is 0 Å². The molecule has 0 aromatic carbocycles. The Balaban J connectivity index is 4.99. The van der Waals surface area contributed by atoms with Crippen molar-refractivity contribution in [2.45, 2.75) is 51.2 Å². The summed E-state index contributed by atoms with van der Waals surface area (Å²) in [5.41, 5.74) is 10.6. The van der Waals surface area contributed by atoms with Crippen molar-refractivity contribution in [2.75, 3.05) is 13.2 Å².